The van der Waals surface area contributed by atoms with Gasteiger partial charge in [0.1, 0.15) is 12.4 Å². The van der Waals surface area contributed by atoms with E-state index in [1.54, 1.807) is 30.3 Å². The van der Waals surface area contributed by atoms with Crippen molar-refractivity contribution >= 4 is 40.8 Å². The van der Waals surface area contributed by atoms with Crippen LogP contribution in [0.3, 0.4) is 0 Å². The van der Waals surface area contributed by atoms with Gasteiger partial charge in [0, 0.05) is 12.1 Å². The van der Waals surface area contributed by atoms with E-state index in [4.69, 9.17) is 32.7 Å². The van der Waals surface area contributed by atoms with Crippen LogP contribution in [0.25, 0.3) is 0 Å². The lowest BCUT2D eigenvalue weighted by molar-refractivity contribution is -0.147. The van der Waals surface area contributed by atoms with Gasteiger partial charge < -0.3 is 14.8 Å². The van der Waals surface area contributed by atoms with Gasteiger partial charge in [0.05, 0.1) is 10.0 Å². The summed E-state index contributed by atoms with van der Waals surface area (Å²) in [4.78, 5) is 23.1. The molecule has 0 saturated carbocycles. The third-order valence-corrected chi connectivity index (χ3v) is 4.45. The maximum absolute atomic E-state index is 11.8. The zero-order valence-electron chi connectivity index (χ0n) is 13.2. The van der Waals surface area contributed by atoms with Crippen LogP contribution >= 0.6 is 23.2 Å². The number of aryl methyl sites for hydroxylation is 1. The molecule has 1 heterocycles. The third-order valence-electron chi connectivity index (χ3n) is 3.71. The number of esters is 1. The summed E-state index contributed by atoms with van der Waals surface area (Å²) in [5, 5.41) is 3.65. The maximum atomic E-state index is 11.8. The van der Waals surface area contributed by atoms with Crippen LogP contribution in [0, 0.1) is 0 Å². The highest BCUT2D eigenvalue weighted by molar-refractivity contribution is 6.42. The van der Waals surface area contributed by atoms with Crippen LogP contribution < -0.4 is 10.1 Å². The fourth-order valence-corrected chi connectivity index (χ4v) is 2.75. The highest BCUT2D eigenvalue weighted by Crippen LogP contribution is 2.27. The lowest BCUT2D eigenvalue weighted by Gasteiger charge is -2.17. The summed E-state index contributed by atoms with van der Waals surface area (Å²) in [6.07, 6.45) is 1.10. The number of rotatable bonds is 5. The standard InChI is InChI=1S/C18H15Cl2NO4/c19-14-4-1-11(7-15(14)20)9-25-18(23)10-24-13-3-5-16-12(8-13)2-6-17(22)21-16/h1,3-5,7-8H,2,6,9-10H2,(H,21,22). The Hall–Kier alpha value is -2.24. The Bertz CT molecular complexity index is 823. The first-order valence-electron chi connectivity index (χ1n) is 7.66. The van der Waals surface area contributed by atoms with E-state index in [0.717, 1.165) is 16.8 Å². The number of anilines is 1. The van der Waals surface area contributed by atoms with Gasteiger partial charge >= 0.3 is 5.97 Å². The molecular weight excluding hydrogens is 365 g/mol. The van der Waals surface area contributed by atoms with Crippen molar-refractivity contribution in [2.24, 2.45) is 0 Å². The predicted molar refractivity (Wildman–Crippen MR) is 95.1 cm³/mol. The van der Waals surface area contributed by atoms with Crippen molar-refractivity contribution in [3.8, 4) is 5.75 Å². The molecule has 0 radical (unpaired) electrons. The monoisotopic (exact) mass is 379 g/mol. The Balaban J connectivity index is 1.50. The summed E-state index contributed by atoms with van der Waals surface area (Å²) in [6.45, 7) is -0.109. The summed E-state index contributed by atoms with van der Waals surface area (Å²) in [5.41, 5.74) is 2.51. The first kappa shape index (κ1) is 17.6. The van der Waals surface area contributed by atoms with Crippen molar-refractivity contribution < 1.29 is 19.1 Å². The molecule has 25 heavy (non-hydrogen) atoms. The van der Waals surface area contributed by atoms with Crippen molar-refractivity contribution in [2.45, 2.75) is 19.4 Å². The number of carbonyl (C=O) groups is 2. The summed E-state index contributed by atoms with van der Waals surface area (Å²) < 4.78 is 10.6. The minimum atomic E-state index is -0.489. The highest BCUT2D eigenvalue weighted by Gasteiger charge is 2.15. The van der Waals surface area contributed by atoms with Crippen molar-refractivity contribution in [1.82, 2.24) is 0 Å². The predicted octanol–water partition coefficient (Wildman–Crippen LogP) is 4.00. The molecule has 0 fully saturated rings. The number of benzene rings is 2. The van der Waals surface area contributed by atoms with Gasteiger partial charge in [-0.15, -0.1) is 0 Å². The summed E-state index contributed by atoms with van der Waals surface area (Å²) in [6, 6.07) is 10.3. The highest BCUT2D eigenvalue weighted by atomic mass is 35.5. The zero-order chi connectivity index (χ0) is 17.8. The average Bonchev–Trinajstić information content (AvgIpc) is 2.61. The molecule has 0 spiro atoms. The molecule has 0 aliphatic carbocycles. The first-order chi connectivity index (χ1) is 12.0. The number of amides is 1. The van der Waals surface area contributed by atoms with Crippen molar-refractivity contribution in [3.63, 3.8) is 0 Å². The van der Waals surface area contributed by atoms with Gasteiger partial charge in [-0.1, -0.05) is 29.3 Å². The third kappa shape index (κ3) is 4.65. The minimum absolute atomic E-state index is 0.00653. The molecule has 1 aliphatic heterocycles. The van der Waals surface area contributed by atoms with E-state index in [9.17, 15) is 9.59 Å². The van der Waals surface area contributed by atoms with E-state index in [0.29, 0.717) is 28.6 Å². The largest absolute Gasteiger partial charge is 0.482 e. The number of hydrogen-bond donors (Lipinski definition) is 1. The lowest BCUT2D eigenvalue weighted by atomic mass is 10.0. The van der Waals surface area contributed by atoms with Crippen LogP contribution in [0.15, 0.2) is 36.4 Å². The van der Waals surface area contributed by atoms with Gasteiger partial charge in [0.15, 0.2) is 6.61 Å². The van der Waals surface area contributed by atoms with Crippen LogP contribution in [0.2, 0.25) is 10.0 Å². The molecule has 0 bridgehead atoms. The molecule has 1 N–H and O–H groups in total. The maximum Gasteiger partial charge on any atom is 0.344 e. The number of hydrogen-bond acceptors (Lipinski definition) is 4. The Morgan fingerprint density at radius 2 is 1.92 bits per heavy atom. The second-order valence-corrected chi connectivity index (χ2v) is 6.38. The van der Waals surface area contributed by atoms with Gasteiger partial charge in [-0.25, -0.2) is 4.79 Å². The second-order valence-electron chi connectivity index (χ2n) is 5.56. The van der Waals surface area contributed by atoms with Gasteiger partial charge in [-0.3, -0.25) is 4.79 Å². The van der Waals surface area contributed by atoms with Crippen molar-refractivity contribution in [3.05, 3.63) is 57.6 Å². The molecule has 2 aromatic carbocycles. The van der Waals surface area contributed by atoms with Crippen molar-refractivity contribution in [1.29, 1.82) is 0 Å². The molecule has 7 heteroatoms. The first-order valence-corrected chi connectivity index (χ1v) is 8.42. The van der Waals surface area contributed by atoms with E-state index in [2.05, 4.69) is 5.32 Å². The molecule has 1 amide bonds. The van der Waals surface area contributed by atoms with E-state index in [1.165, 1.54) is 0 Å². The number of fused-ring (bicyclic) bond motifs is 1. The summed E-state index contributed by atoms with van der Waals surface area (Å²) in [5.74, 6) is 0.0746. The molecule has 0 atom stereocenters. The molecule has 3 rings (SSSR count). The molecule has 130 valence electrons. The second kappa shape index (κ2) is 7.76. The SMILES string of the molecule is O=C1CCc2cc(OCC(=O)OCc3ccc(Cl)c(Cl)c3)ccc2N1. The van der Waals surface area contributed by atoms with Gasteiger partial charge in [-0.05, 0) is 47.9 Å². The lowest BCUT2D eigenvalue weighted by Crippen LogP contribution is -2.19. The van der Waals surface area contributed by atoms with Gasteiger partial charge in [-0.2, -0.15) is 0 Å². The Morgan fingerprint density at radius 1 is 1.08 bits per heavy atom. The Kier molecular flexibility index (Phi) is 5.46. The molecule has 0 aromatic heterocycles. The number of carbonyl (C=O) groups excluding carboxylic acids is 2. The van der Waals surface area contributed by atoms with Crippen LogP contribution in [-0.2, 0) is 27.4 Å². The molecule has 0 unspecified atom stereocenters. The van der Waals surface area contributed by atoms with Crippen LogP contribution in [0.5, 0.6) is 5.75 Å². The smallest absolute Gasteiger partial charge is 0.344 e. The number of nitrogens with one attached hydrogen (secondary N) is 1. The molecular formula is C18H15Cl2NO4. The minimum Gasteiger partial charge on any atom is -0.482 e. The topological polar surface area (TPSA) is 64.6 Å². The zero-order valence-corrected chi connectivity index (χ0v) is 14.7. The van der Waals surface area contributed by atoms with E-state index < -0.39 is 5.97 Å². The van der Waals surface area contributed by atoms with Crippen LogP contribution in [-0.4, -0.2) is 18.5 Å². The van der Waals surface area contributed by atoms with Crippen LogP contribution in [0.1, 0.15) is 17.5 Å². The van der Waals surface area contributed by atoms with Gasteiger partial charge in [0.2, 0.25) is 5.91 Å². The van der Waals surface area contributed by atoms with E-state index >= 15 is 0 Å². The normalized spacial score (nSPS) is 13.0. The molecule has 1 aliphatic rings. The summed E-state index contributed by atoms with van der Waals surface area (Å²) >= 11 is 11.8. The fourth-order valence-electron chi connectivity index (χ4n) is 2.43. The fraction of sp³-hybridized carbons (Fsp3) is 0.222. The van der Waals surface area contributed by atoms with Crippen LogP contribution in [0.4, 0.5) is 5.69 Å². The average molecular weight is 380 g/mol. The Morgan fingerprint density at radius 3 is 2.72 bits per heavy atom. The van der Waals surface area contributed by atoms with E-state index in [1.807, 2.05) is 6.07 Å². The van der Waals surface area contributed by atoms with Gasteiger partial charge in [0.25, 0.3) is 0 Å². The summed E-state index contributed by atoms with van der Waals surface area (Å²) in [7, 11) is 0. The van der Waals surface area contributed by atoms with Crippen molar-refractivity contribution in [2.75, 3.05) is 11.9 Å². The molecule has 2 aromatic rings. The quantitative estimate of drug-likeness (QED) is 0.797. The molecule has 5 nitrogen and oxygen atoms in total. The van der Waals surface area contributed by atoms with E-state index in [-0.39, 0.29) is 19.1 Å². The number of ether oxygens (including phenoxy) is 2. The molecule has 0 saturated heterocycles. The Labute approximate surface area is 154 Å². The number of halogens is 2.